The van der Waals surface area contributed by atoms with Crippen molar-refractivity contribution in [1.29, 1.82) is 0 Å². The van der Waals surface area contributed by atoms with Crippen LogP contribution in [0.3, 0.4) is 0 Å². The number of rotatable bonds is 1. The number of carbonyl (C=O) groups is 1. The minimum atomic E-state index is 0.0417. The number of ketones is 1. The first-order chi connectivity index (χ1) is 5.13. The number of aliphatic hydroxyl groups is 1. The predicted molar refractivity (Wildman–Crippen MR) is 43.3 cm³/mol. The molecule has 0 spiro atoms. The molecule has 1 aliphatic rings. The number of carbonyl (C=O) groups excluding carboxylic acids is 1. The van der Waals surface area contributed by atoms with Crippen LogP contribution < -0.4 is 0 Å². The van der Waals surface area contributed by atoms with E-state index in [4.69, 9.17) is 0 Å². The largest absolute Gasteiger partial charge is 0.508 e. The average Bonchev–Trinajstić information content (AvgIpc) is 1.85. The Balaban J connectivity index is 3.01. The summed E-state index contributed by atoms with van der Waals surface area (Å²) in [6.45, 7) is 3.81. The second-order valence-corrected chi connectivity index (χ2v) is 2.98. The van der Waals surface area contributed by atoms with Crippen LogP contribution >= 0.6 is 0 Å². The number of aliphatic hydroxyl groups excluding tert-OH is 1. The lowest BCUT2D eigenvalue weighted by Gasteiger charge is -2.13. The van der Waals surface area contributed by atoms with E-state index in [1.165, 1.54) is 0 Å². The number of allylic oxidation sites excluding steroid dienone is 3. The Bertz CT molecular complexity index is 234. The Labute approximate surface area is 66.2 Å². The molecule has 0 fully saturated rings. The third kappa shape index (κ3) is 1.50. The molecule has 0 saturated carbocycles. The van der Waals surface area contributed by atoms with Crippen molar-refractivity contribution in [2.45, 2.75) is 20.3 Å². The molecule has 0 aromatic carbocycles. The summed E-state index contributed by atoms with van der Waals surface area (Å²) in [6.07, 6.45) is 3.71. The van der Waals surface area contributed by atoms with E-state index >= 15 is 0 Å². The Hall–Kier alpha value is -1.05. The monoisotopic (exact) mass is 152 g/mol. The molecule has 0 amide bonds. The topological polar surface area (TPSA) is 37.3 Å². The van der Waals surface area contributed by atoms with Gasteiger partial charge in [-0.15, -0.1) is 0 Å². The first-order valence-electron chi connectivity index (χ1n) is 3.75. The maximum absolute atomic E-state index is 11.2. The summed E-state index contributed by atoms with van der Waals surface area (Å²) in [4.78, 5) is 11.2. The fourth-order valence-electron chi connectivity index (χ4n) is 1.24. The van der Waals surface area contributed by atoms with Crippen molar-refractivity contribution in [2.75, 3.05) is 0 Å². The second kappa shape index (κ2) is 2.91. The molecule has 0 bridgehead atoms. The standard InChI is InChI=1S/C9H12O2/c1-6(2)9-7(10)4-3-5-8(9)11/h3-4,6,10H,5H2,1-2H3. The van der Waals surface area contributed by atoms with E-state index in [-0.39, 0.29) is 17.5 Å². The van der Waals surface area contributed by atoms with E-state index in [0.29, 0.717) is 12.0 Å². The fraction of sp³-hybridized carbons (Fsp3) is 0.444. The number of hydrogen-bond acceptors (Lipinski definition) is 2. The van der Waals surface area contributed by atoms with Crippen LogP contribution in [-0.2, 0) is 4.79 Å². The lowest BCUT2D eigenvalue weighted by Crippen LogP contribution is -2.12. The SMILES string of the molecule is CC(C)C1=C(O)C=CCC1=O. The van der Waals surface area contributed by atoms with Gasteiger partial charge in [-0.1, -0.05) is 19.9 Å². The van der Waals surface area contributed by atoms with Gasteiger partial charge in [-0.3, -0.25) is 4.79 Å². The van der Waals surface area contributed by atoms with E-state index in [1.54, 1.807) is 12.2 Å². The van der Waals surface area contributed by atoms with Gasteiger partial charge in [0, 0.05) is 12.0 Å². The molecule has 1 N–H and O–H groups in total. The van der Waals surface area contributed by atoms with Crippen molar-refractivity contribution >= 4 is 5.78 Å². The maximum Gasteiger partial charge on any atom is 0.166 e. The highest BCUT2D eigenvalue weighted by Gasteiger charge is 2.18. The molecule has 2 nitrogen and oxygen atoms in total. The molecule has 0 aliphatic heterocycles. The van der Waals surface area contributed by atoms with Crippen LogP contribution in [0.5, 0.6) is 0 Å². The highest BCUT2D eigenvalue weighted by atomic mass is 16.3. The van der Waals surface area contributed by atoms with E-state index in [9.17, 15) is 9.90 Å². The molecular weight excluding hydrogens is 140 g/mol. The zero-order chi connectivity index (χ0) is 8.43. The van der Waals surface area contributed by atoms with E-state index in [2.05, 4.69) is 0 Å². The quantitative estimate of drug-likeness (QED) is 0.623. The van der Waals surface area contributed by atoms with Crippen molar-refractivity contribution in [1.82, 2.24) is 0 Å². The Morgan fingerprint density at radius 1 is 1.55 bits per heavy atom. The van der Waals surface area contributed by atoms with Crippen LogP contribution in [0.25, 0.3) is 0 Å². The minimum absolute atomic E-state index is 0.0417. The molecule has 0 aromatic rings. The molecule has 0 radical (unpaired) electrons. The maximum atomic E-state index is 11.2. The Morgan fingerprint density at radius 2 is 2.18 bits per heavy atom. The Morgan fingerprint density at radius 3 is 2.55 bits per heavy atom. The molecular formula is C9H12O2. The fourth-order valence-corrected chi connectivity index (χ4v) is 1.24. The summed E-state index contributed by atoms with van der Waals surface area (Å²) in [7, 11) is 0. The van der Waals surface area contributed by atoms with Gasteiger partial charge in [0.1, 0.15) is 5.76 Å². The molecule has 0 saturated heterocycles. The van der Waals surface area contributed by atoms with Crippen LogP contribution in [0.1, 0.15) is 20.3 Å². The predicted octanol–water partition coefficient (Wildman–Crippen LogP) is 1.98. The van der Waals surface area contributed by atoms with Gasteiger partial charge in [0.25, 0.3) is 0 Å². The lowest BCUT2D eigenvalue weighted by atomic mass is 9.92. The smallest absolute Gasteiger partial charge is 0.166 e. The second-order valence-electron chi connectivity index (χ2n) is 2.98. The van der Waals surface area contributed by atoms with Gasteiger partial charge in [-0.25, -0.2) is 0 Å². The summed E-state index contributed by atoms with van der Waals surface area (Å²) < 4.78 is 0. The van der Waals surface area contributed by atoms with Crippen molar-refractivity contribution in [3.05, 3.63) is 23.5 Å². The zero-order valence-electron chi connectivity index (χ0n) is 6.79. The third-order valence-corrected chi connectivity index (χ3v) is 1.73. The molecule has 2 heteroatoms. The molecule has 0 heterocycles. The molecule has 11 heavy (non-hydrogen) atoms. The van der Waals surface area contributed by atoms with Crippen LogP contribution in [0.2, 0.25) is 0 Å². The molecule has 0 unspecified atom stereocenters. The van der Waals surface area contributed by atoms with E-state index < -0.39 is 0 Å². The average molecular weight is 152 g/mol. The molecule has 1 rings (SSSR count). The van der Waals surface area contributed by atoms with Crippen LogP contribution in [0.15, 0.2) is 23.5 Å². The van der Waals surface area contributed by atoms with Gasteiger partial charge in [0.2, 0.25) is 0 Å². The van der Waals surface area contributed by atoms with Crippen molar-refractivity contribution in [2.24, 2.45) is 5.92 Å². The van der Waals surface area contributed by atoms with Crippen molar-refractivity contribution in [3.8, 4) is 0 Å². The van der Waals surface area contributed by atoms with Gasteiger partial charge in [0.05, 0.1) is 0 Å². The summed E-state index contributed by atoms with van der Waals surface area (Å²) >= 11 is 0. The van der Waals surface area contributed by atoms with Crippen molar-refractivity contribution in [3.63, 3.8) is 0 Å². The summed E-state index contributed by atoms with van der Waals surface area (Å²) in [5.74, 6) is 0.295. The van der Waals surface area contributed by atoms with E-state index in [1.807, 2.05) is 13.8 Å². The zero-order valence-corrected chi connectivity index (χ0v) is 6.79. The highest BCUT2D eigenvalue weighted by Crippen LogP contribution is 2.20. The Kier molecular flexibility index (Phi) is 2.13. The summed E-state index contributed by atoms with van der Waals surface area (Å²) in [5, 5.41) is 9.28. The summed E-state index contributed by atoms with van der Waals surface area (Å²) in [6, 6.07) is 0. The summed E-state index contributed by atoms with van der Waals surface area (Å²) in [5.41, 5.74) is 0.563. The first-order valence-corrected chi connectivity index (χ1v) is 3.75. The van der Waals surface area contributed by atoms with Crippen LogP contribution in [0.4, 0.5) is 0 Å². The minimum Gasteiger partial charge on any atom is -0.508 e. The van der Waals surface area contributed by atoms with Crippen LogP contribution in [0, 0.1) is 5.92 Å². The van der Waals surface area contributed by atoms with Gasteiger partial charge in [-0.2, -0.15) is 0 Å². The normalized spacial score (nSPS) is 18.3. The van der Waals surface area contributed by atoms with Gasteiger partial charge < -0.3 is 5.11 Å². The van der Waals surface area contributed by atoms with Crippen molar-refractivity contribution < 1.29 is 9.90 Å². The van der Waals surface area contributed by atoms with Gasteiger partial charge in [0.15, 0.2) is 5.78 Å². The molecule has 60 valence electrons. The molecule has 1 aliphatic carbocycles. The molecule has 0 atom stereocenters. The molecule has 0 aromatic heterocycles. The third-order valence-electron chi connectivity index (χ3n) is 1.73. The van der Waals surface area contributed by atoms with Gasteiger partial charge >= 0.3 is 0 Å². The van der Waals surface area contributed by atoms with Gasteiger partial charge in [-0.05, 0) is 12.0 Å². The highest BCUT2D eigenvalue weighted by molar-refractivity contribution is 5.98. The first kappa shape index (κ1) is 8.05. The number of hydrogen-bond donors (Lipinski definition) is 1. The lowest BCUT2D eigenvalue weighted by molar-refractivity contribution is -0.115. The van der Waals surface area contributed by atoms with E-state index in [0.717, 1.165) is 0 Å². The number of Topliss-reactive ketones (excluding diaryl/α,β-unsaturated/α-hetero) is 1. The van der Waals surface area contributed by atoms with Crippen LogP contribution in [-0.4, -0.2) is 10.9 Å².